The molecule has 0 aliphatic carbocycles. The molecule has 1 aromatic heterocycles. The first kappa shape index (κ1) is 16.6. The van der Waals surface area contributed by atoms with Gasteiger partial charge >= 0.3 is 0 Å². The lowest BCUT2D eigenvalue weighted by Crippen LogP contribution is -2.11. The van der Waals surface area contributed by atoms with Crippen molar-refractivity contribution in [3.8, 4) is 0 Å². The Kier molecular flexibility index (Phi) is 4.28. The van der Waals surface area contributed by atoms with Crippen LogP contribution in [0.15, 0.2) is 59.1 Å². The summed E-state index contributed by atoms with van der Waals surface area (Å²) in [4.78, 5) is 13.3. The minimum atomic E-state index is -0.195. The van der Waals surface area contributed by atoms with Crippen LogP contribution in [0, 0.1) is 6.92 Å². The van der Waals surface area contributed by atoms with E-state index >= 15 is 0 Å². The van der Waals surface area contributed by atoms with Crippen LogP contribution in [0.2, 0.25) is 5.02 Å². The van der Waals surface area contributed by atoms with E-state index in [0.717, 1.165) is 36.6 Å². The second kappa shape index (κ2) is 6.45. The third-order valence-electron chi connectivity index (χ3n) is 4.10. The van der Waals surface area contributed by atoms with E-state index in [-0.39, 0.29) is 5.91 Å². The number of nitrogens with one attached hydrogen (secondary N) is 1. The molecular formula is C20H13BrClNOS. The van der Waals surface area contributed by atoms with Gasteiger partial charge in [0.25, 0.3) is 5.91 Å². The maximum Gasteiger partial charge on any atom is 0.267 e. The lowest BCUT2D eigenvalue weighted by molar-refractivity contribution is 0.103. The molecule has 4 aromatic rings. The van der Waals surface area contributed by atoms with E-state index in [9.17, 15) is 4.79 Å². The summed E-state index contributed by atoms with van der Waals surface area (Å²) in [7, 11) is 0. The molecule has 4 rings (SSSR count). The molecule has 0 unspecified atom stereocenters. The lowest BCUT2D eigenvalue weighted by atomic mass is 10.1. The Hall–Kier alpha value is -1.88. The van der Waals surface area contributed by atoms with Crippen molar-refractivity contribution in [3.05, 3.63) is 74.5 Å². The molecule has 0 spiro atoms. The van der Waals surface area contributed by atoms with Gasteiger partial charge in [0.2, 0.25) is 0 Å². The summed E-state index contributed by atoms with van der Waals surface area (Å²) in [5, 5.41) is 6.58. The minimum Gasteiger partial charge on any atom is -0.320 e. The third-order valence-corrected chi connectivity index (χ3v) is 6.40. The third kappa shape index (κ3) is 2.95. The Morgan fingerprint density at radius 1 is 1.12 bits per heavy atom. The monoisotopic (exact) mass is 429 g/mol. The first-order chi connectivity index (χ1) is 12.0. The standard InChI is InChI=1S/C20H13BrClNOS/c1-11-6-8-15(14(21)10-11)23-20(24)19-18(22)17-13-5-3-2-4-12(13)7-9-16(17)25-19/h2-10H,1H3,(H,23,24). The SMILES string of the molecule is Cc1ccc(NC(=O)c2sc3ccc4ccccc4c3c2Cl)c(Br)c1. The normalized spacial score (nSPS) is 11.2. The molecule has 3 aromatic carbocycles. The van der Waals surface area contributed by atoms with Crippen LogP contribution in [0.1, 0.15) is 15.2 Å². The Morgan fingerprint density at radius 2 is 1.92 bits per heavy atom. The summed E-state index contributed by atoms with van der Waals surface area (Å²) in [5.41, 5.74) is 1.85. The average molecular weight is 431 g/mol. The van der Waals surface area contributed by atoms with Crippen molar-refractivity contribution in [3.63, 3.8) is 0 Å². The fourth-order valence-corrected chi connectivity index (χ4v) is 4.94. The highest BCUT2D eigenvalue weighted by atomic mass is 79.9. The number of rotatable bonds is 2. The molecular weight excluding hydrogens is 418 g/mol. The van der Waals surface area contributed by atoms with Crippen LogP contribution in [0.25, 0.3) is 20.9 Å². The summed E-state index contributed by atoms with van der Waals surface area (Å²) in [6, 6.07) is 18.0. The fourth-order valence-electron chi connectivity index (χ4n) is 2.88. The molecule has 1 amide bonds. The van der Waals surface area contributed by atoms with E-state index in [0.29, 0.717) is 9.90 Å². The second-order valence-electron chi connectivity index (χ2n) is 5.84. The van der Waals surface area contributed by atoms with E-state index < -0.39 is 0 Å². The molecule has 0 atom stereocenters. The topological polar surface area (TPSA) is 29.1 Å². The zero-order valence-corrected chi connectivity index (χ0v) is 16.4. The molecule has 0 saturated carbocycles. The van der Waals surface area contributed by atoms with Gasteiger partial charge in [0.15, 0.2) is 0 Å². The van der Waals surface area contributed by atoms with Crippen molar-refractivity contribution in [1.82, 2.24) is 0 Å². The fraction of sp³-hybridized carbons (Fsp3) is 0.0500. The van der Waals surface area contributed by atoms with E-state index in [4.69, 9.17) is 11.6 Å². The number of aryl methyl sites for hydroxylation is 1. The zero-order chi connectivity index (χ0) is 17.6. The predicted octanol–water partition coefficient (Wildman–Crippen LogP) is 7.03. The summed E-state index contributed by atoms with van der Waals surface area (Å²) in [5.74, 6) is -0.195. The van der Waals surface area contributed by atoms with Crippen LogP contribution in [0.5, 0.6) is 0 Å². The van der Waals surface area contributed by atoms with E-state index in [1.54, 1.807) is 0 Å². The second-order valence-corrected chi connectivity index (χ2v) is 8.13. The number of carbonyl (C=O) groups excluding carboxylic acids is 1. The number of amides is 1. The van der Waals surface area contributed by atoms with Crippen LogP contribution in [-0.2, 0) is 0 Å². The number of carbonyl (C=O) groups is 1. The lowest BCUT2D eigenvalue weighted by Gasteiger charge is -2.07. The van der Waals surface area contributed by atoms with Crippen molar-refractivity contribution in [2.45, 2.75) is 6.92 Å². The number of fused-ring (bicyclic) bond motifs is 3. The van der Waals surface area contributed by atoms with Gasteiger partial charge in [0.05, 0.1) is 10.7 Å². The molecule has 1 heterocycles. The molecule has 1 N–H and O–H groups in total. The number of hydrogen-bond donors (Lipinski definition) is 1. The van der Waals surface area contributed by atoms with Gasteiger partial charge in [-0.05, 0) is 57.4 Å². The van der Waals surface area contributed by atoms with Crippen molar-refractivity contribution in [2.24, 2.45) is 0 Å². The van der Waals surface area contributed by atoms with Crippen LogP contribution in [0.4, 0.5) is 5.69 Å². The Balaban J connectivity index is 1.80. The predicted molar refractivity (Wildman–Crippen MR) is 111 cm³/mol. The molecule has 0 aliphatic rings. The number of anilines is 1. The largest absolute Gasteiger partial charge is 0.320 e. The van der Waals surface area contributed by atoms with E-state index in [2.05, 4.69) is 27.3 Å². The maximum atomic E-state index is 12.8. The summed E-state index contributed by atoms with van der Waals surface area (Å²) in [6.07, 6.45) is 0. The average Bonchev–Trinajstić information content (AvgIpc) is 2.95. The molecule has 0 saturated heterocycles. The van der Waals surface area contributed by atoms with Crippen LogP contribution >= 0.6 is 38.9 Å². The van der Waals surface area contributed by atoms with Gasteiger partial charge in [0.1, 0.15) is 4.88 Å². The maximum absolute atomic E-state index is 12.8. The zero-order valence-electron chi connectivity index (χ0n) is 13.3. The highest BCUT2D eigenvalue weighted by Crippen LogP contribution is 2.40. The molecule has 0 fully saturated rings. The minimum absolute atomic E-state index is 0.195. The number of hydrogen-bond acceptors (Lipinski definition) is 2. The molecule has 0 aliphatic heterocycles. The van der Waals surface area contributed by atoms with Gasteiger partial charge in [-0.2, -0.15) is 0 Å². The van der Waals surface area contributed by atoms with Gasteiger partial charge in [0, 0.05) is 14.6 Å². The first-order valence-corrected chi connectivity index (χ1v) is 9.70. The number of benzene rings is 3. The van der Waals surface area contributed by atoms with Crippen LogP contribution in [-0.4, -0.2) is 5.91 Å². The molecule has 25 heavy (non-hydrogen) atoms. The van der Waals surface area contributed by atoms with Gasteiger partial charge in [-0.1, -0.05) is 48.0 Å². The summed E-state index contributed by atoms with van der Waals surface area (Å²) in [6.45, 7) is 2.00. The number of thiophene rings is 1. The molecule has 2 nitrogen and oxygen atoms in total. The van der Waals surface area contributed by atoms with Crippen molar-refractivity contribution >= 4 is 71.3 Å². The Labute approximate surface area is 162 Å². The quantitative estimate of drug-likeness (QED) is 0.363. The highest BCUT2D eigenvalue weighted by molar-refractivity contribution is 9.10. The first-order valence-electron chi connectivity index (χ1n) is 7.72. The molecule has 0 bridgehead atoms. The van der Waals surface area contributed by atoms with Gasteiger partial charge in [-0.15, -0.1) is 11.3 Å². The van der Waals surface area contributed by atoms with Gasteiger partial charge in [-0.3, -0.25) is 4.79 Å². The molecule has 0 radical (unpaired) electrons. The van der Waals surface area contributed by atoms with Gasteiger partial charge < -0.3 is 5.32 Å². The summed E-state index contributed by atoms with van der Waals surface area (Å²) >= 11 is 11.5. The number of halogens is 2. The Morgan fingerprint density at radius 3 is 2.72 bits per heavy atom. The van der Waals surface area contributed by atoms with Crippen molar-refractivity contribution in [2.75, 3.05) is 5.32 Å². The Bertz CT molecular complexity index is 1140. The highest BCUT2D eigenvalue weighted by Gasteiger charge is 2.19. The van der Waals surface area contributed by atoms with Crippen LogP contribution < -0.4 is 5.32 Å². The van der Waals surface area contributed by atoms with Crippen molar-refractivity contribution in [1.29, 1.82) is 0 Å². The molecule has 124 valence electrons. The summed E-state index contributed by atoms with van der Waals surface area (Å²) < 4.78 is 1.86. The van der Waals surface area contributed by atoms with Crippen molar-refractivity contribution < 1.29 is 4.79 Å². The van der Waals surface area contributed by atoms with Gasteiger partial charge in [-0.25, -0.2) is 0 Å². The molecule has 5 heteroatoms. The van der Waals surface area contributed by atoms with E-state index in [1.807, 2.05) is 55.5 Å². The smallest absolute Gasteiger partial charge is 0.267 e. The van der Waals surface area contributed by atoms with Crippen LogP contribution in [0.3, 0.4) is 0 Å². The van der Waals surface area contributed by atoms with E-state index in [1.165, 1.54) is 11.3 Å².